The first kappa shape index (κ1) is 21.4. The van der Waals surface area contributed by atoms with Gasteiger partial charge in [-0.25, -0.2) is 9.97 Å². The van der Waals surface area contributed by atoms with Gasteiger partial charge in [0.2, 0.25) is 0 Å². The van der Waals surface area contributed by atoms with Crippen molar-refractivity contribution in [3.63, 3.8) is 0 Å². The highest BCUT2D eigenvalue weighted by Crippen LogP contribution is 2.33. The fraction of sp³-hybridized carbons (Fsp3) is 0.375. The number of amides is 1. The molecule has 8 heteroatoms. The molecule has 1 aromatic carbocycles. The molecule has 0 saturated carbocycles. The van der Waals surface area contributed by atoms with Crippen molar-refractivity contribution in [1.29, 1.82) is 0 Å². The Balaban J connectivity index is 1.41. The fourth-order valence-corrected chi connectivity index (χ4v) is 5.81. The van der Waals surface area contributed by atoms with Crippen LogP contribution in [0.5, 0.6) is 0 Å². The second kappa shape index (κ2) is 8.83. The maximum atomic E-state index is 13.7. The number of hydrogen-bond donors (Lipinski definition) is 0. The Kier molecular flexibility index (Phi) is 5.90. The second-order valence-electron chi connectivity index (χ2n) is 8.42. The highest BCUT2D eigenvalue weighted by atomic mass is 79.9. The van der Waals surface area contributed by atoms with E-state index in [0.29, 0.717) is 5.69 Å². The van der Waals surface area contributed by atoms with Gasteiger partial charge in [-0.2, -0.15) is 0 Å². The van der Waals surface area contributed by atoms with E-state index in [0.717, 1.165) is 59.2 Å². The normalized spacial score (nSPS) is 20.5. The molecule has 0 radical (unpaired) electrons. The van der Waals surface area contributed by atoms with Crippen LogP contribution in [0, 0.1) is 6.92 Å². The molecule has 2 aliphatic heterocycles. The molecule has 5 rings (SSSR count). The Morgan fingerprint density at radius 3 is 2.84 bits per heavy atom. The van der Waals surface area contributed by atoms with Crippen LogP contribution in [0.15, 0.2) is 42.7 Å². The minimum Gasteiger partial charge on any atom is -0.334 e. The molecule has 2 aromatic heterocycles. The monoisotopic (exact) mass is 511 g/mol. The van der Waals surface area contributed by atoms with Gasteiger partial charge >= 0.3 is 0 Å². The predicted molar refractivity (Wildman–Crippen MR) is 131 cm³/mol. The summed E-state index contributed by atoms with van der Waals surface area (Å²) in [5.74, 6) is 1.00. The number of hydrogen-bond acceptors (Lipinski definition) is 5. The van der Waals surface area contributed by atoms with Crippen molar-refractivity contribution in [3.05, 3.63) is 64.9 Å². The molecule has 4 heterocycles. The number of aryl methyl sites for hydroxylation is 1. The Hall–Kier alpha value is -2.45. The number of carbonyl (C=O) groups excluding carboxylic acids is 1. The number of thiazole rings is 1. The minimum absolute atomic E-state index is 0.0433. The van der Waals surface area contributed by atoms with Crippen LogP contribution in [0.1, 0.15) is 59.4 Å². The third-order valence-electron chi connectivity index (χ3n) is 6.24. The van der Waals surface area contributed by atoms with Gasteiger partial charge in [0.05, 0.1) is 31.7 Å². The van der Waals surface area contributed by atoms with Gasteiger partial charge in [0.15, 0.2) is 0 Å². The average molecular weight is 512 g/mol. The van der Waals surface area contributed by atoms with Crippen LogP contribution in [-0.2, 0) is 6.42 Å². The molecule has 1 fully saturated rings. The summed E-state index contributed by atoms with van der Waals surface area (Å²) in [5.41, 5.74) is 2.67. The largest absolute Gasteiger partial charge is 0.334 e. The molecule has 1 unspecified atom stereocenters. The zero-order valence-corrected chi connectivity index (χ0v) is 20.6. The molecule has 0 spiro atoms. The molecule has 2 atom stereocenters. The first-order valence-electron chi connectivity index (χ1n) is 11.0. The zero-order valence-electron chi connectivity index (χ0n) is 18.2. The van der Waals surface area contributed by atoms with E-state index in [1.54, 1.807) is 11.3 Å². The number of aromatic nitrogens is 3. The maximum absolute atomic E-state index is 13.7. The highest BCUT2D eigenvalue weighted by molar-refractivity contribution is 9.07. The van der Waals surface area contributed by atoms with E-state index < -0.39 is 0 Å². The quantitative estimate of drug-likeness (QED) is 0.423. The molecule has 6 nitrogen and oxygen atoms in total. The van der Waals surface area contributed by atoms with Crippen molar-refractivity contribution in [1.82, 2.24) is 23.4 Å². The lowest BCUT2D eigenvalue weighted by Gasteiger charge is -2.35. The van der Waals surface area contributed by atoms with Gasteiger partial charge in [0.25, 0.3) is 5.91 Å². The van der Waals surface area contributed by atoms with Crippen molar-refractivity contribution in [2.75, 3.05) is 6.54 Å². The van der Waals surface area contributed by atoms with Crippen molar-refractivity contribution >= 4 is 39.5 Å². The number of rotatable bonds is 4. The molecule has 166 valence electrons. The van der Waals surface area contributed by atoms with Gasteiger partial charge < -0.3 is 9.47 Å². The van der Waals surface area contributed by atoms with Gasteiger partial charge in [0.1, 0.15) is 17.7 Å². The molecule has 1 saturated heterocycles. The van der Waals surface area contributed by atoms with Gasteiger partial charge in [0, 0.05) is 31.4 Å². The number of carbonyl (C=O) groups is 1. The molecule has 0 aliphatic carbocycles. The lowest BCUT2D eigenvalue weighted by Crippen LogP contribution is -2.45. The summed E-state index contributed by atoms with van der Waals surface area (Å²) < 4.78 is 4.15. The van der Waals surface area contributed by atoms with Crippen molar-refractivity contribution < 1.29 is 4.79 Å². The molecule has 2 aliphatic rings. The summed E-state index contributed by atoms with van der Waals surface area (Å²) in [7, 11) is 0. The second-order valence-corrected chi connectivity index (χ2v) is 10.4. The third kappa shape index (κ3) is 4.01. The zero-order chi connectivity index (χ0) is 22.2. The summed E-state index contributed by atoms with van der Waals surface area (Å²) in [6.45, 7) is 4.87. The number of fused-ring (bicyclic) bond motifs is 1. The van der Waals surface area contributed by atoms with Crippen LogP contribution >= 0.6 is 27.5 Å². The molecule has 3 aromatic rings. The average Bonchev–Trinajstić information content (AvgIpc) is 3.40. The van der Waals surface area contributed by atoms with Crippen LogP contribution in [0.3, 0.4) is 0 Å². The SMILES string of the molecule is Cc1nc(C(=O)N2CCCC[C@H]2Cc2cn3c(n2)C=CN(Br)C3C)c(-c2ccccc2)s1. The highest BCUT2D eigenvalue weighted by Gasteiger charge is 2.32. The summed E-state index contributed by atoms with van der Waals surface area (Å²) in [6, 6.07) is 10.2. The molecule has 0 N–H and O–H groups in total. The third-order valence-corrected chi connectivity index (χ3v) is 8.09. The Morgan fingerprint density at radius 1 is 1.22 bits per heavy atom. The Bertz CT molecular complexity index is 1150. The number of benzene rings is 1. The van der Waals surface area contributed by atoms with Crippen LogP contribution in [0.2, 0.25) is 0 Å². The number of imidazole rings is 1. The molecule has 0 bridgehead atoms. The van der Waals surface area contributed by atoms with Gasteiger partial charge in [-0.3, -0.25) is 8.72 Å². The fourth-order valence-electron chi connectivity index (χ4n) is 4.58. The van der Waals surface area contributed by atoms with Crippen molar-refractivity contribution in [2.45, 2.75) is 51.7 Å². The lowest BCUT2D eigenvalue weighted by molar-refractivity contribution is 0.0608. The number of nitrogens with zero attached hydrogens (tertiary/aromatic N) is 5. The molecular weight excluding hydrogens is 486 g/mol. The maximum Gasteiger partial charge on any atom is 0.274 e. The topological polar surface area (TPSA) is 54.3 Å². The lowest BCUT2D eigenvalue weighted by atomic mass is 9.97. The van der Waals surface area contributed by atoms with Gasteiger partial charge in [-0.05, 0) is 44.7 Å². The summed E-state index contributed by atoms with van der Waals surface area (Å²) in [6.07, 6.45) is 10.2. The van der Waals surface area contributed by atoms with E-state index in [1.807, 2.05) is 46.2 Å². The van der Waals surface area contributed by atoms with Crippen molar-refractivity contribution in [3.8, 4) is 10.4 Å². The Morgan fingerprint density at radius 2 is 2.03 bits per heavy atom. The Labute approximate surface area is 200 Å². The van der Waals surface area contributed by atoms with Gasteiger partial charge in [-0.1, -0.05) is 30.3 Å². The first-order chi connectivity index (χ1) is 15.5. The van der Waals surface area contributed by atoms with Crippen LogP contribution < -0.4 is 0 Å². The van der Waals surface area contributed by atoms with E-state index in [9.17, 15) is 4.79 Å². The van der Waals surface area contributed by atoms with E-state index in [2.05, 4.69) is 51.0 Å². The smallest absolute Gasteiger partial charge is 0.274 e. The van der Waals surface area contributed by atoms with E-state index in [1.165, 1.54) is 0 Å². The first-order valence-corrected chi connectivity index (χ1v) is 12.6. The van der Waals surface area contributed by atoms with Crippen molar-refractivity contribution in [2.24, 2.45) is 0 Å². The predicted octanol–water partition coefficient (Wildman–Crippen LogP) is 5.67. The standard InChI is InChI=1S/C24H26BrN5OS/c1-16-26-22(23(32-16)18-8-4-3-5-9-18)24(31)28-12-7-6-10-20(28)14-19-15-29-17(2)30(25)13-11-21(29)27-19/h3-5,8-9,11,13,15,17,20H,6-7,10,12,14H2,1-2H3/t17?,20-/m0/s1. The number of piperidine rings is 1. The van der Waals surface area contributed by atoms with Crippen LogP contribution in [0.25, 0.3) is 16.5 Å². The summed E-state index contributed by atoms with van der Waals surface area (Å²) in [4.78, 5) is 26.2. The molecule has 32 heavy (non-hydrogen) atoms. The number of likely N-dealkylation sites (tertiary alicyclic amines) is 1. The number of halogens is 1. The van der Waals surface area contributed by atoms with E-state index in [4.69, 9.17) is 4.98 Å². The van der Waals surface area contributed by atoms with E-state index >= 15 is 0 Å². The summed E-state index contributed by atoms with van der Waals surface area (Å²) >= 11 is 5.15. The van der Waals surface area contributed by atoms with Crippen LogP contribution in [-0.4, -0.2) is 41.9 Å². The minimum atomic E-state index is 0.0433. The van der Waals surface area contributed by atoms with Gasteiger partial charge in [-0.15, -0.1) is 11.3 Å². The van der Waals surface area contributed by atoms with E-state index in [-0.39, 0.29) is 18.1 Å². The molecular formula is C24H26BrN5OS. The van der Waals surface area contributed by atoms with Crippen LogP contribution in [0.4, 0.5) is 0 Å². The molecule has 1 amide bonds. The summed E-state index contributed by atoms with van der Waals surface area (Å²) in [5, 5.41) is 0.919.